The summed E-state index contributed by atoms with van der Waals surface area (Å²) in [6, 6.07) is 7.58. The molecule has 176 valence electrons. The normalized spacial score (nSPS) is 39.2. The molecule has 2 aromatic rings. The van der Waals surface area contributed by atoms with Crippen LogP contribution in [0.3, 0.4) is 0 Å². The average molecular weight is 453 g/mol. The highest BCUT2D eigenvalue weighted by Crippen LogP contribution is 2.61. The van der Waals surface area contributed by atoms with E-state index in [0.29, 0.717) is 24.3 Å². The first kappa shape index (κ1) is 22.6. The molecular formula is C26H32N2O5. The van der Waals surface area contributed by atoms with E-state index in [1.165, 1.54) is 0 Å². The summed E-state index contributed by atoms with van der Waals surface area (Å²) >= 11 is 0. The van der Waals surface area contributed by atoms with E-state index in [2.05, 4.69) is 11.9 Å². The van der Waals surface area contributed by atoms with E-state index in [0.717, 1.165) is 23.9 Å². The maximum absolute atomic E-state index is 13.3. The second-order valence-electron chi connectivity index (χ2n) is 10.5. The number of fused-ring (bicyclic) bond motifs is 2. The Morgan fingerprint density at radius 1 is 1.24 bits per heavy atom. The van der Waals surface area contributed by atoms with Crippen molar-refractivity contribution < 1.29 is 24.9 Å². The number of carbonyl (C=O) groups is 1. The highest BCUT2D eigenvalue weighted by atomic mass is 16.6. The van der Waals surface area contributed by atoms with Crippen LogP contribution in [0.15, 0.2) is 42.1 Å². The van der Waals surface area contributed by atoms with Gasteiger partial charge in [0.1, 0.15) is 6.10 Å². The van der Waals surface area contributed by atoms with Crippen molar-refractivity contribution in [3.8, 4) is 0 Å². The standard InChI is InChI=1S/C26H32N2O5/c1-15-22(31)23(32)25(3)16(13-29)7-6-10-19(25)24(15,2)11-21(30)26(14-33-26)20-12-27-17-8-4-5-9-18(17)28-20/h4-5,7-9,12,15,19,21-22,29-31H,6,10-11,13-14H2,1-3H3/t15-,19+,21-,22-,24-,25-,26-/m1/s1. The summed E-state index contributed by atoms with van der Waals surface area (Å²) < 4.78 is 5.83. The highest BCUT2D eigenvalue weighted by Gasteiger charge is 2.64. The summed E-state index contributed by atoms with van der Waals surface area (Å²) in [5, 5.41) is 32.5. The van der Waals surface area contributed by atoms with Gasteiger partial charge < -0.3 is 20.1 Å². The molecule has 3 aliphatic rings. The van der Waals surface area contributed by atoms with Crippen molar-refractivity contribution in [2.24, 2.45) is 22.7 Å². The molecular weight excluding hydrogens is 420 g/mol. The van der Waals surface area contributed by atoms with Crippen molar-refractivity contribution in [1.29, 1.82) is 0 Å². The number of nitrogens with zero attached hydrogens (tertiary/aromatic N) is 2. The molecule has 3 N–H and O–H groups in total. The Kier molecular flexibility index (Phi) is 5.25. The second kappa shape index (κ2) is 7.67. The Labute approximate surface area is 193 Å². The van der Waals surface area contributed by atoms with Crippen LogP contribution in [-0.2, 0) is 15.1 Å². The lowest BCUT2D eigenvalue weighted by molar-refractivity contribution is -0.169. The second-order valence-corrected chi connectivity index (χ2v) is 10.5. The summed E-state index contributed by atoms with van der Waals surface area (Å²) in [7, 11) is 0. The molecule has 0 radical (unpaired) electrons. The quantitative estimate of drug-likeness (QED) is 0.471. The Morgan fingerprint density at radius 3 is 2.61 bits per heavy atom. The first-order valence-electron chi connectivity index (χ1n) is 11.8. The number of ketones is 1. The van der Waals surface area contributed by atoms with Gasteiger partial charge in [0.2, 0.25) is 0 Å². The zero-order valence-corrected chi connectivity index (χ0v) is 19.4. The Bertz CT molecular complexity index is 1130. The number of rotatable bonds is 5. The summed E-state index contributed by atoms with van der Waals surface area (Å²) in [5.41, 5.74) is 0.350. The number of hydrogen-bond donors (Lipinski definition) is 3. The number of aliphatic hydroxyl groups is 3. The number of ether oxygens (including phenoxy) is 1. The van der Waals surface area contributed by atoms with Crippen LogP contribution in [-0.4, -0.2) is 56.5 Å². The topological polar surface area (TPSA) is 116 Å². The number of allylic oxidation sites excluding steroid dienone is 1. The molecule has 7 atom stereocenters. The first-order valence-corrected chi connectivity index (χ1v) is 11.8. The Balaban J connectivity index is 1.50. The lowest BCUT2D eigenvalue weighted by Gasteiger charge is -2.58. The molecule has 2 heterocycles. The Hall–Kier alpha value is -2.19. The number of hydrogen-bond acceptors (Lipinski definition) is 7. The lowest BCUT2D eigenvalue weighted by atomic mass is 9.45. The van der Waals surface area contributed by atoms with E-state index < -0.39 is 28.6 Å². The monoisotopic (exact) mass is 452 g/mol. The molecule has 1 aliphatic heterocycles. The fourth-order valence-corrected chi connectivity index (χ4v) is 6.57. The molecule has 1 aromatic carbocycles. The zero-order valence-electron chi connectivity index (χ0n) is 19.4. The fraction of sp³-hybridized carbons (Fsp3) is 0.577. The van der Waals surface area contributed by atoms with Crippen LogP contribution in [0.25, 0.3) is 11.0 Å². The predicted molar refractivity (Wildman–Crippen MR) is 122 cm³/mol. The third-order valence-corrected chi connectivity index (χ3v) is 8.98. The number of carbonyl (C=O) groups excluding carboxylic acids is 1. The molecule has 33 heavy (non-hydrogen) atoms. The van der Waals surface area contributed by atoms with Gasteiger partial charge in [-0.15, -0.1) is 0 Å². The zero-order chi connectivity index (χ0) is 23.6. The van der Waals surface area contributed by atoms with Gasteiger partial charge in [0.05, 0.1) is 47.7 Å². The molecule has 7 heteroatoms. The van der Waals surface area contributed by atoms with Gasteiger partial charge in [-0.3, -0.25) is 9.78 Å². The summed E-state index contributed by atoms with van der Waals surface area (Å²) in [5.74, 6) is -0.699. The largest absolute Gasteiger partial charge is 0.392 e. The maximum atomic E-state index is 13.3. The molecule has 0 bridgehead atoms. The van der Waals surface area contributed by atoms with E-state index in [4.69, 9.17) is 9.72 Å². The highest BCUT2D eigenvalue weighted by molar-refractivity contribution is 5.93. The van der Waals surface area contributed by atoms with Gasteiger partial charge in [0, 0.05) is 0 Å². The van der Waals surface area contributed by atoms with Gasteiger partial charge in [-0.05, 0) is 61.1 Å². The average Bonchev–Trinajstić information content (AvgIpc) is 3.63. The van der Waals surface area contributed by atoms with E-state index in [9.17, 15) is 20.1 Å². The number of epoxide rings is 1. The lowest BCUT2D eigenvalue weighted by Crippen LogP contribution is -2.62. The van der Waals surface area contributed by atoms with Crippen LogP contribution >= 0.6 is 0 Å². The molecule has 7 nitrogen and oxygen atoms in total. The van der Waals surface area contributed by atoms with Crippen LogP contribution < -0.4 is 0 Å². The predicted octanol–water partition coefficient (Wildman–Crippen LogP) is 2.53. The molecule has 5 rings (SSSR count). The minimum Gasteiger partial charge on any atom is -0.392 e. The molecule has 1 saturated carbocycles. The van der Waals surface area contributed by atoms with Crippen LogP contribution in [0.2, 0.25) is 0 Å². The van der Waals surface area contributed by atoms with E-state index in [-0.39, 0.29) is 24.2 Å². The molecule has 1 aromatic heterocycles. The van der Waals surface area contributed by atoms with Crippen LogP contribution in [0.1, 0.15) is 45.7 Å². The van der Waals surface area contributed by atoms with Gasteiger partial charge in [0.15, 0.2) is 11.4 Å². The summed E-state index contributed by atoms with van der Waals surface area (Å²) in [4.78, 5) is 22.5. The van der Waals surface area contributed by atoms with Gasteiger partial charge in [-0.2, -0.15) is 0 Å². The van der Waals surface area contributed by atoms with E-state index in [1.807, 2.05) is 44.2 Å². The van der Waals surface area contributed by atoms with Crippen molar-refractivity contribution in [2.75, 3.05) is 13.2 Å². The fourth-order valence-electron chi connectivity index (χ4n) is 6.57. The first-order chi connectivity index (χ1) is 15.7. The van der Waals surface area contributed by atoms with Crippen molar-refractivity contribution in [3.63, 3.8) is 0 Å². The number of benzene rings is 1. The number of para-hydroxylation sites is 2. The molecule has 0 amide bonds. The number of aromatic nitrogens is 2. The third-order valence-electron chi connectivity index (χ3n) is 8.98. The van der Waals surface area contributed by atoms with Crippen molar-refractivity contribution in [1.82, 2.24) is 9.97 Å². The molecule has 2 aliphatic carbocycles. The van der Waals surface area contributed by atoms with Crippen LogP contribution in [0, 0.1) is 22.7 Å². The molecule has 0 spiro atoms. The third kappa shape index (κ3) is 3.13. The van der Waals surface area contributed by atoms with E-state index in [1.54, 1.807) is 6.20 Å². The summed E-state index contributed by atoms with van der Waals surface area (Å²) in [6.07, 6.45) is 3.42. The van der Waals surface area contributed by atoms with Crippen LogP contribution in [0.4, 0.5) is 0 Å². The SMILES string of the molecule is C[C@@H]1[C@@H](O)C(=O)[C@]2(C)C(CO)=CCC[C@H]2[C@]1(C)C[C@@H](O)[C@]1(c2cnc3ccccc3n2)CO1. The van der Waals surface area contributed by atoms with Gasteiger partial charge in [-0.1, -0.05) is 32.1 Å². The van der Waals surface area contributed by atoms with Gasteiger partial charge >= 0.3 is 0 Å². The minimum atomic E-state index is -1.16. The van der Waals surface area contributed by atoms with Crippen molar-refractivity contribution in [2.45, 2.75) is 57.8 Å². The van der Waals surface area contributed by atoms with Crippen LogP contribution in [0.5, 0.6) is 0 Å². The molecule has 0 unspecified atom stereocenters. The number of aliphatic hydroxyl groups excluding tert-OH is 3. The van der Waals surface area contributed by atoms with Gasteiger partial charge in [0.25, 0.3) is 0 Å². The van der Waals surface area contributed by atoms with Crippen molar-refractivity contribution in [3.05, 3.63) is 47.8 Å². The van der Waals surface area contributed by atoms with Gasteiger partial charge in [-0.25, -0.2) is 4.98 Å². The molecule has 1 saturated heterocycles. The summed E-state index contributed by atoms with van der Waals surface area (Å²) in [6.45, 7) is 5.93. The Morgan fingerprint density at radius 2 is 1.94 bits per heavy atom. The minimum absolute atomic E-state index is 0.115. The number of Topliss-reactive ketones (excluding diaryl/α,β-unsaturated/α-hetero) is 1. The maximum Gasteiger partial charge on any atom is 0.171 e. The smallest absolute Gasteiger partial charge is 0.171 e. The molecule has 2 fully saturated rings. The van der Waals surface area contributed by atoms with Crippen molar-refractivity contribution >= 4 is 16.8 Å². The van der Waals surface area contributed by atoms with E-state index >= 15 is 0 Å².